The summed E-state index contributed by atoms with van der Waals surface area (Å²) in [6.45, 7) is 4.36. The predicted octanol–water partition coefficient (Wildman–Crippen LogP) is 4.98. The lowest BCUT2D eigenvalue weighted by atomic mass is 9.99. The maximum absolute atomic E-state index is 12.1. The summed E-state index contributed by atoms with van der Waals surface area (Å²) in [6.07, 6.45) is 1.99. The van der Waals surface area contributed by atoms with Gasteiger partial charge in [0.15, 0.2) is 0 Å². The minimum absolute atomic E-state index is 0.138. The van der Waals surface area contributed by atoms with Gasteiger partial charge in [-0.25, -0.2) is 0 Å². The predicted molar refractivity (Wildman–Crippen MR) is 85.7 cm³/mol. The molecule has 0 saturated carbocycles. The first kappa shape index (κ1) is 13.2. The van der Waals surface area contributed by atoms with Crippen molar-refractivity contribution in [3.8, 4) is 0 Å². The summed E-state index contributed by atoms with van der Waals surface area (Å²) in [5, 5.41) is 0.138. The first-order valence-corrected chi connectivity index (χ1v) is 7.60. The van der Waals surface area contributed by atoms with Gasteiger partial charge in [-0.05, 0) is 40.9 Å². The van der Waals surface area contributed by atoms with Gasteiger partial charge in [0.1, 0.15) is 0 Å². The quantitative estimate of drug-likeness (QED) is 0.721. The van der Waals surface area contributed by atoms with Crippen LogP contribution in [0.2, 0.25) is 0 Å². The second-order valence-corrected chi connectivity index (χ2v) is 6.28. The van der Waals surface area contributed by atoms with Gasteiger partial charge in [-0.2, -0.15) is 0 Å². The van der Waals surface area contributed by atoms with Crippen LogP contribution in [-0.4, -0.2) is 5.12 Å². The van der Waals surface area contributed by atoms with Crippen molar-refractivity contribution in [3.63, 3.8) is 0 Å². The zero-order valence-corrected chi connectivity index (χ0v) is 12.4. The van der Waals surface area contributed by atoms with Gasteiger partial charge < -0.3 is 0 Å². The van der Waals surface area contributed by atoms with Gasteiger partial charge in [-0.1, -0.05) is 56.3 Å². The highest BCUT2D eigenvalue weighted by Gasteiger charge is 2.24. The fourth-order valence-corrected chi connectivity index (χ4v) is 3.24. The molecule has 0 fully saturated rings. The van der Waals surface area contributed by atoms with Crippen LogP contribution in [0, 0.1) is 0 Å². The third kappa shape index (κ3) is 2.44. The van der Waals surface area contributed by atoms with E-state index < -0.39 is 0 Å². The molecule has 1 heterocycles. The Morgan fingerprint density at radius 3 is 2.40 bits per heavy atom. The summed E-state index contributed by atoms with van der Waals surface area (Å²) in [5.74, 6) is 0.529. The first-order valence-electron chi connectivity index (χ1n) is 6.78. The minimum atomic E-state index is 0.138. The lowest BCUT2D eigenvalue weighted by molar-refractivity contribution is -0.106. The highest BCUT2D eigenvalue weighted by atomic mass is 32.2. The van der Waals surface area contributed by atoms with Crippen molar-refractivity contribution < 1.29 is 4.79 Å². The summed E-state index contributed by atoms with van der Waals surface area (Å²) in [6, 6.07) is 16.4. The molecule has 2 aromatic rings. The van der Waals surface area contributed by atoms with Crippen molar-refractivity contribution in [3.05, 3.63) is 65.2 Å². The average molecular weight is 280 g/mol. The fourth-order valence-electron chi connectivity index (χ4n) is 2.32. The van der Waals surface area contributed by atoms with Gasteiger partial charge in [0.2, 0.25) is 5.12 Å². The number of fused-ring (bicyclic) bond motifs is 1. The Labute approximate surface area is 123 Å². The van der Waals surface area contributed by atoms with E-state index in [1.807, 2.05) is 30.3 Å². The van der Waals surface area contributed by atoms with Crippen LogP contribution in [-0.2, 0) is 4.79 Å². The molecule has 0 bridgehead atoms. The Bertz CT molecular complexity index is 681. The third-order valence-electron chi connectivity index (χ3n) is 3.51. The molecule has 1 aliphatic rings. The standard InChI is InChI=1S/C18H16OS/c1-12(2)14-9-7-13(8-10-14)11-16-15-5-3-4-6-17(15)20-18(16)19/h3-12H,1-2H3/b16-11-. The van der Waals surface area contributed by atoms with Crippen molar-refractivity contribution in [1.29, 1.82) is 0 Å². The van der Waals surface area contributed by atoms with E-state index in [-0.39, 0.29) is 5.12 Å². The molecule has 0 radical (unpaired) electrons. The molecule has 0 amide bonds. The molecule has 0 atom stereocenters. The fraction of sp³-hybridized carbons (Fsp3) is 0.167. The number of carbonyl (C=O) groups excluding carboxylic acids is 1. The van der Waals surface area contributed by atoms with Crippen molar-refractivity contribution in [1.82, 2.24) is 0 Å². The summed E-state index contributed by atoms with van der Waals surface area (Å²) in [5.41, 5.74) is 4.26. The molecule has 1 aliphatic heterocycles. The lowest BCUT2D eigenvalue weighted by Gasteiger charge is -2.05. The van der Waals surface area contributed by atoms with Crippen LogP contribution in [0.5, 0.6) is 0 Å². The van der Waals surface area contributed by atoms with Crippen molar-refractivity contribution >= 4 is 28.5 Å². The molecule has 0 aliphatic carbocycles. The molecular weight excluding hydrogens is 264 g/mol. The van der Waals surface area contributed by atoms with Gasteiger partial charge >= 0.3 is 0 Å². The van der Waals surface area contributed by atoms with E-state index in [1.165, 1.54) is 17.3 Å². The number of carbonyl (C=O) groups is 1. The normalized spacial score (nSPS) is 15.9. The Balaban J connectivity index is 1.98. The van der Waals surface area contributed by atoms with Crippen LogP contribution in [0.4, 0.5) is 0 Å². The molecule has 0 unspecified atom stereocenters. The largest absolute Gasteiger partial charge is 0.281 e. The molecule has 20 heavy (non-hydrogen) atoms. The Morgan fingerprint density at radius 1 is 1.00 bits per heavy atom. The van der Waals surface area contributed by atoms with Crippen molar-refractivity contribution in [2.24, 2.45) is 0 Å². The SMILES string of the molecule is CC(C)c1ccc(/C=C2\C(=O)Sc3ccccc32)cc1. The van der Waals surface area contributed by atoms with E-state index in [9.17, 15) is 4.79 Å². The number of thioether (sulfide) groups is 1. The van der Waals surface area contributed by atoms with E-state index in [0.717, 1.165) is 21.6 Å². The number of hydrogen-bond donors (Lipinski definition) is 0. The summed E-state index contributed by atoms with van der Waals surface area (Å²) < 4.78 is 0. The molecule has 1 nitrogen and oxygen atoms in total. The maximum atomic E-state index is 12.1. The van der Waals surface area contributed by atoms with Crippen molar-refractivity contribution in [2.75, 3.05) is 0 Å². The lowest BCUT2D eigenvalue weighted by Crippen LogP contribution is -1.89. The first-order chi connectivity index (χ1) is 9.65. The van der Waals surface area contributed by atoms with Crippen LogP contribution in [0.3, 0.4) is 0 Å². The maximum Gasteiger partial charge on any atom is 0.224 e. The molecule has 0 N–H and O–H groups in total. The second-order valence-electron chi connectivity index (χ2n) is 5.27. The van der Waals surface area contributed by atoms with Gasteiger partial charge in [-0.3, -0.25) is 4.79 Å². The molecule has 2 aromatic carbocycles. The van der Waals surface area contributed by atoms with Gasteiger partial charge in [0, 0.05) is 16.0 Å². The number of rotatable bonds is 2. The molecule has 2 heteroatoms. The summed E-state index contributed by atoms with van der Waals surface area (Å²) in [7, 11) is 0. The topological polar surface area (TPSA) is 17.1 Å². The second kappa shape index (κ2) is 5.29. The molecule has 0 saturated heterocycles. The molecule has 3 rings (SSSR count). The summed E-state index contributed by atoms with van der Waals surface area (Å²) in [4.78, 5) is 13.2. The minimum Gasteiger partial charge on any atom is -0.281 e. The van der Waals surface area contributed by atoms with Crippen LogP contribution >= 0.6 is 11.8 Å². The van der Waals surface area contributed by atoms with Crippen molar-refractivity contribution in [2.45, 2.75) is 24.7 Å². The van der Waals surface area contributed by atoms with Gasteiger partial charge in [0.05, 0.1) is 0 Å². The molecular formula is C18H16OS. The van der Waals surface area contributed by atoms with E-state index in [4.69, 9.17) is 0 Å². The Hall–Kier alpha value is -1.80. The number of hydrogen-bond acceptors (Lipinski definition) is 2. The average Bonchev–Trinajstić information content (AvgIpc) is 2.76. The smallest absolute Gasteiger partial charge is 0.224 e. The van der Waals surface area contributed by atoms with Gasteiger partial charge in [0.25, 0.3) is 0 Å². The van der Waals surface area contributed by atoms with Crippen LogP contribution in [0.1, 0.15) is 36.5 Å². The zero-order valence-electron chi connectivity index (χ0n) is 11.6. The van der Waals surface area contributed by atoms with E-state index >= 15 is 0 Å². The summed E-state index contributed by atoms with van der Waals surface area (Å²) >= 11 is 1.32. The van der Waals surface area contributed by atoms with Crippen LogP contribution in [0.25, 0.3) is 11.6 Å². The monoisotopic (exact) mass is 280 g/mol. The number of benzene rings is 2. The van der Waals surface area contributed by atoms with Gasteiger partial charge in [-0.15, -0.1) is 0 Å². The van der Waals surface area contributed by atoms with E-state index in [2.05, 4.69) is 38.1 Å². The molecule has 100 valence electrons. The third-order valence-corrected chi connectivity index (χ3v) is 4.50. The molecule has 0 aromatic heterocycles. The van der Waals surface area contributed by atoms with E-state index in [0.29, 0.717) is 5.92 Å². The van der Waals surface area contributed by atoms with E-state index in [1.54, 1.807) is 0 Å². The highest BCUT2D eigenvalue weighted by molar-refractivity contribution is 8.15. The van der Waals surface area contributed by atoms with Crippen LogP contribution in [0.15, 0.2) is 53.4 Å². The Morgan fingerprint density at radius 2 is 1.70 bits per heavy atom. The highest BCUT2D eigenvalue weighted by Crippen LogP contribution is 2.40. The zero-order chi connectivity index (χ0) is 14.1. The molecule has 0 spiro atoms. The van der Waals surface area contributed by atoms with Crippen LogP contribution < -0.4 is 0 Å². The Kier molecular flexibility index (Phi) is 3.49.